The van der Waals surface area contributed by atoms with E-state index in [1.807, 2.05) is 18.2 Å². The third-order valence-electron chi connectivity index (χ3n) is 3.63. The van der Waals surface area contributed by atoms with Crippen LogP contribution in [0, 0.1) is 6.92 Å². The fraction of sp³-hybridized carbons (Fsp3) is 0.235. The lowest BCUT2D eigenvalue weighted by Crippen LogP contribution is -2.04. The fourth-order valence-electron chi connectivity index (χ4n) is 2.58. The van der Waals surface area contributed by atoms with Crippen molar-refractivity contribution < 1.29 is 0 Å². The number of anilines is 1. The fourth-order valence-corrected chi connectivity index (χ4v) is 2.93. The molecule has 0 aliphatic heterocycles. The normalized spacial score (nSPS) is 11.5. The lowest BCUT2D eigenvalue weighted by atomic mass is 10.1. The Morgan fingerprint density at radius 1 is 1.14 bits per heavy atom. The number of rotatable bonds is 2. The van der Waals surface area contributed by atoms with Gasteiger partial charge in [0.25, 0.3) is 0 Å². The molecule has 2 N–H and O–H groups in total. The van der Waals surface area contributed by atoms with Crippen molar-refractivity contribution in [1.29, 1.82) is 0 Å². The number of nitrogens with two attached hydrogens (primary N) is 1. The van der Waals surface area contributed by atoms with E-state index in [1.54, 1.807) is 0 Å². The second kappa shape index (κ2) is 5.19. The van der Waals surface area contributed by atoms with Crippen molar-refractivity contribution >= 4 is 32.7 Å². The summed E-state index contributed by atoms with van der Waals surface area (Å²) in [5, 5.41) is 0. The maximum Gasteiger partial charge on any atom is 0.117 e. The first-order valence-corrected chi connectivity index (χ1v) is 7.81. The van der Waals surface area contributed by atoms with Gasteiger partial charge in [-0.05, 0) is 42.8 Å². The molecule has 108 valence electrons. The van der Waals surface area contributed by atoms with Gasteiger partial charge in [0, 0.05) is 16.1 Å². The van der Waals surface area contributed by atoms with E-state index >= 15 is 0 Å². The summed E-state index contributed by atoms with van der Waals surface area (Å²) < 4.78 is 3.30. The standard InChI is InChI=1S/C17H18BrN3/c1-10(2)17-20-14-9-13(19)6-7-15(14)21(17)16-8-12(18)5-4-11(16)3/h4-10H,19H2,1-3H3. The van der Waals surface area contributed by atoms with Gasteiger partial charge in [0.15, 0.2) is 0 Å². The molecule has 0 saturated heterocycles. The number of benzene rings is 2. The first kappa shape index (κ1) is 14.1. The molecule has 0 unspecified atom stereocenters. The Bertz CT molecular complexity index is 818. The van der Waals surface area contributed by atoms with Crippen LogP contribution in [0.5, 0.6) is 0 Å². The molecule has 3 nitrogen and oxygen atoms in total. The molecular weight excluding hydrogens is 326 g/mol. The van der Waals surface area contributed by atoms with Crippen molar-refractivity contribution in [3.8, 4) is 5.69 Å². The highest BCUT2D eigenvalue weighted by molar-refractivity contribution is 9.10. The third kappa shape index (κ3) is 2.44. The van der Waals surface area contributed by atoms with Crippen molar-refractivity contribution in [3.05, 3.63) is 52.3 Å². The number of fused-ring (bicyclic) bond motifs is 1. The van der Waals surface area contributed by atoms with Crippen LogP contribution in [0.15, 0.2) is 40.9 Å². The van der Waals surface area contributed by atoms with Gasteiger partial charge in [-0.25, -0.2) is 4.98 Å². The van der Waals surface area contributed by atoms with Crippen molar-refractivity contribution in [2.75, 3.05) is 5.73 Å². The molecule has 0 spiro atoms. The Morgan fingerprint density at radius 3 is 2.62 bits per heavy atom. The zero-order valence-corrected chi connectivity index (χ0v) is 14.0. The quantitative estimate of drug-likeness (QED) is 0.679. The van der Waals surface area contributed by atoms with Gasteiger partial charge in [0.05, 0.1) is 16.7 Å². The van der Waals surface area contributed by atoms with Gasteiger partial charge in [0.2, 0.25) is 0 Å². The molecule has 2 aromatic carbocycles. The number of aryl methyl sites for hydroxylation is 1. The Balaban J connectivity index is 2.39. The smallest absolute Gasteiger partial charge is 0.117 e. The molecule has 0 saturated carbocycles. The number of hydrogen-bond acceptors (Lipinski definition) is 2. The van der Waals surface area contributed by atoms with E-state index < -0.39 is 0 Å². The van der Waals surface area contributed by atoms with E-state index in [-0.39, 0.29) is 0 Å². The van der Waals surface area contributed by atoms with Gasteiger partial charge in [-0.3, -0.25) is 4.57 Å². The summed E-state index contributed by atoms with van der Waals surface area (Å²) in [5.41, 5.74) is 11.0. The third-order valence-corrected chi connectivity index (χ3v) is 4.13. The molecule has 1 aromatic heterocycles. The van der Waals surface area contributed by atoms with E-state index in [0.717, 1.165) is 32.7 Å². The average Bonchev–Trinajstić information content (AvgIpc) is 2.80. The summed E-state index contributed by atoms with van der Waals surface area (Å²) in [4.78, 5) is 4.79. The minimum absolute atomic E-state index is 0.331. The highest BCUT2D eigenvalue weighted by Gasteiger charge is 2.16. The Morgan fingerprint density at radius 2 is 1.90 bits per heavy atom. The topological polar surface area (TPSA) is 43.8 Å². The van der Waals surface area contributed by atoms with Crippen LogP contribution in [0.1, 0.15) is 31.2 Å². The predicted octanol–water partition coefficient (Wildman–Crippen LogP) is 4.80. The molecule has 4 heteroatoms. The second-order valence-electron chi connectivity index (χ2n) is 5.64. The zero-order valence-electron chi connectivity index (χ0n) is 12.4. The molecular formula is C17H18BrN3. The molecule has 0 bridgehead atoms. The van der Waals surface area contributed by atoms with Crippen LogP contribution in [0.2, 0.25) is 0 Å². The SMILES string of the molecule is Cc1ccc(Br)cc1-n1c(C(C)C)nc2cc(N)ccc21. The van der Waals surface area contributed by atoms with Gasteiger partial charge in [0.1, 0.15) is 5.82 Å². The lowest BCUT2D eigenvalue weighted by Gasteiger charge is -2.14. The zero-order chi connectivity index (χ0) is 15.1. The highest BCUT2D eigenvalue weighted by Crippen LogP contribution is 2.30. The average molecular weight is 344 g/mol. The second-order valence-corrected chi connectivity index (χ2v) is 6.55. The summed E-state index contributed by atoms with van der Waals surface area (Å²) in [6.45, 7) is 6.44. The van der Waals surface area contributed by atoms with Crippen LogP contribution in [0.25, 0.3) is 16.7 Å². The molecule has 3 rings (SSSR count). The van der Waals surface area contributed by atoms with Gasteiger partial charge in [-0.2, -0.15) is 0 Å². The molecule has 0 radical (unpaired) electrons. The summed E-state index contributed by atoms with van der Waals surface area (Å²) in [6.07, 6.45) is 0. The van der Waals surface area contributed by atoms with E-state index in [0.29, 0.717) is 5.92 Å². The van der Waals surface area contributed by atoms with Gasteiger partial charge >= 0.3 is 0 Å². The minimum Gasteiger partial charge on any atom is -0.399 e. The van der Waals surface area contributed by atoms with Crippen molar-refractivity contribution in [1.82, 2.24) is 9.55 Å². The minimum atomic E-state index is 0.331. The van der Waals surface area contributed by atoms with Crippen molar-refractivity contribution in [2.45, 2.75) is 26.7 Å². The van der Waals surface area contributed by atoms with Crippen LogP contribution < -0.4 is 5.73 Å². The first-order valence-electron chi connectivity index (χ1n) is 7.02. The Labute approximate surface area is 132 Å². The summed E-state index contributed by atoms with van der Waals surface area (Å²) >= 11 is 3.57. The molecule has 0 amide bonds. The summed E-state index contributed by atoms with van der Waals surface area (Å²) in [6, 6.07) is 12.2. The number of nitrogen functional groups attached to an aromatic ring is 1. The highest BCUT2D eigenvalue weighted by atomic mass is 79.9. The van der Waals surface area contributed by atoms with Crippen LogP contribution in [-0.2, 0) is 0 Å². The Hall–Kier alpha value is -1.81. The van der Waals surface area contributed by atoms with E-state index in [9.17, 15) is 0 Å². The van der Waals surface area contributed by atoms with Crippen LogP contribution in [0.3, 0.4) is 0 Å². The summed E-state index contributed by atoms with van der Waals surface area (Å²) in [5.74, 6) is 1.38. The molecule has 1 heterocycles. The van der Waals surface area contributed by atoms with Crippen LogP contribution in [0.4, 0.5) is 5.69 Å². The number of imidazole rings is 1. The van der Waals surface area contributed by atoms with Crippen LogP contribution in [-0.4, -0.2) is 9.55 Å². The van der Waals surface area contributed by atoms with E-state index in [1.165, 1.54) is 5.56 Å². The molecule has 0 atom stereocenters. The van der Waals surface area contributed by atoms with E-state index in [4.69, 9.17) is 10.7 Å². The summed E-state index contributed by atoms with van der Waals surface area (Å²) in [7, 11) is 0. The van der Waals surface area contributed by atoms with E-state index in [2.05, 4.69) is 59.5 Å². The number of halogens is 1. The number of aromatic nitrogens is 2. The van der Waals surface area contributed by atoms with Gasteiger partial charge in [-0.1, -0.05) is 35.8 Å². The molecule has 0 fully saturated rings. The maximum atomic E-state index is 5.90. The first-order chi connectivity index (χ1) is 9.97. The van der Waals surface area contributed by atoms with Crippen molar-refractivity contribution in [2.24, 2.45) is 0 Å². The van der Waals surface area contributed by atoms with Gasteiger partial charge in [-0.15, -0.1) is 0 Å². The maximum absolute atomic E-state index is 5.90. The van der Waals surface area contributed by atoms with Gasteiger partial charge < -0.3 is 5.73 Å². The molecule has 0 aliphatic rings. The molecule has 3 aromatic rings. The predicted molar refractivity (Wildman–Crippen MR) is 92.0 cm³/mol. The monoisotopic (exact) mass is 343 g/mol. The molecule has 21 heavy (non-hydrogen) atoms. The largest absolute Gasteiger partial charge is 0.399 e. The number of hydrogen-bond donors (Lipinski definition) is 1. The molecule has 0 aliphatic carbocycles. The number of nitrogens with zero attached hydrogens (tertiary/aromatic N) is 2. The van der Waals surface area contributed by atoms with Crippen molar-refractivity contribution in [3.63, 3.8) is 0 Å². The Kier molecular flexibility index (Phi) is 3.49. The lowest BCUT2D eigenvalue weighted by molar-refractivity contribution is 0.758. The van der Waals surface area contributed by atoms with Crippen LogP contribution >= 0.6 is 15.9 Å².